The first-order chi connectivity index (χ1) is 15.6. The Labute approximate surface area is 205 Å². The highest BCUT2D eigenvalue weighted by Gasteiger charge is 2.31. The zero-order valence-electron chi connectivity index (χ0n) is 20.2. The van der Waals surface area contributed by atoms with Crippen LogP contribution in [0.15, 0.2) is 42.5 Å². The van der Waals surface area contributed by atoms with Gasteiger partial charge in [-0.05, 0) is 63.9 Å². The monoisotopic (exact) mass is 511 g/mol. The van der Waals surface area contributed by atoms with Gasteiger partial charge in [-0.1, -0.05) is 35.9 Å². The lowest BCUT2D eigenvalue weighted by Gasteiger charge is -2.33. The molecule has 10 heteroatoms. The van der Waals surface area contributed by atoms with Gasteiger partial charge in [-0.2, -0.15) is 0 Å². The fourth-order valence-corrected chi connectivity index (χ4v) is 4.30. The third kappa shape index (κ3) is 7.43. The lowest BCUT2D eigenvalue weighted by Crippen LogP contribution is -2.54. The van der Waals surface area contributed by atoms with Crippen LogP contribution in [0.1, 0.15) is 38.8 Å². The molecule has 0 aliphatic carbocycles. The number of halogens is 2. The number of nitrogens with one attached hydrogen (secondary N) is 1. The van der Waals surface area contributed by atoms with Crippen molar-refractivity contribution in [3.8, 4) is 0 Å². The van der Waals surface area contributed by atoms with Gasteiger partial charge in [0.25, 0.3) is 0 Å². The second-order valence-electron chi connectivity index (χ2n) is 9.23. The quantitative estimate of drug-likeness (QED) is 0.582. The number of sulfonamides is 1. The van der Waals surface area contributed by atoms with Gasteiger partial charge in [0.05, 0.1) is 17.0 Å². The van der Waals surface area contributed by atoms with Gasteiger partial charge < -0.3 is 10.2 Å². The maximum atomic E-state index is 13.6. The fourth-order valence-electron chi connectivity index (χ4n) is 3.28. The van der Waals surface area contributed by atoms with Crippen molar-refractivity contribution in [2.75, 3.05) is 17.1 Å². The Morgan fingerprint density at radius 1 is 1.15 bits per heavy atom. The largest absolute Gasteiger partial charge is 0.350 e. The predicted octanol–water partition coefficient (Wildman–Crippen LogP) is 3.89. The van der Waals surface area contributed by atoms with Crippen molar-refractivity contribution < 1.29 is 22.4 Å². The van der Waals surface area contributed by atoms with Crippen molar-refractivity contribution in [3.05, 3.63) is 64.4 Å². The standard InChI is InChI=1S/C24H31ClFN3O4S/c1-16-9-7-8-10-18(16)14-28(17(2)23(31)27-24(3,4)5)22(30)15-29(34(6,32)33)19-11-12-21(26)20(25)13-19/h7-13,17H,14-15H2,1-6H3,(H,27,31)/t17-/m0/s1. The minimum absolute atomic E-state index is 0.0462. The molecule has 0 spiro atoms. The zero-order chi connectivity index (χ0) is 25.8. The Kier molecular flexibility index (Phi) is 8.71. The summed E-state index contributed by atoms with van der Waals surface area (Å²) in [5.41, 5.74) is 1.27. The number of nitrogens with zero attached hydrogens (tertiary/aromatic N) is 2. The molecule has 1 atom stereocenters. The zero-order valence-corrected chi connectivity index (χ0v) is 21.8. The number of carbonyl (C=O) groups is 2. The molecular formula is C24H31ClFN3O4S. The molecular weight excluding hydrogens is 481 g/mol. The Morgan fingerprint density at radius 3 is 2.29 bits per heavy atom. The summed E-state index contributed by atoms with van der Waals surface area (Å²) in [6, 6.07) is 9.95. The van der Waals surface area contributed by atoms with Crippen molar-refractivity contribution in [2.24, 2.45) is 0 Å². The van der Waals surface area contributed by atoms with Crippen LogP contribution >= 0.6 is 11.6 Å². The molecule has 0 unspecified atom stereocenters. The minimum atomic E-state index is -3.93. The smallest absolute Gasteiger partial charge is 0.244 e. The maximum absolute atomic E-state index is 13.6. The van der Waals surface area contributed by atoms with Crippen LogP contribution in [0.25, 0.3) is 0 Å². The van der Waals surface area contributed by atoms with Crippen LogP contribution in [-0.4, -0.2) is 49.5 Å². The summed E-state index contributed by atoms with van der Waals surface area (Å²) in [5.74, 6) is -1.67. The second-order valence-corrected chi connectivity index (χ2v) is 11.5. The first-order valence-corrected chi connectivity index (χ1v) is 12.9. The normalized spacial score (nSPS) is 12.7. The molecule has 2 rings (SSSR count). The van der Waals surface area contributed by atoms with E-state index in [1.54, 1.807) is 6.92 Å². The SMILES string of the molecule is Cc1ccccc1CN(C(=O)CN(c1ccc(F)c(Cl)c1)S(C)(=O)=O)[C@@H](C)C(=O)NC(C)(C)C. The van der Waals surface area contributed by atoms with Crippen LogP contribution in [0.2, 0.25) is 5.02 Å². The average molecular weight is 512 g/mol. The van der Waals surface area contributed by atoms with Crippen LogP contribution in [0.3, 0.4) is 0 Å². The third-order valence-corrected chi connectivity index (χ3v) is 6.57. The van der Waals surface area contributed by atoms with Crippen LogP contribution in [0.4, 0.5) is 10.1 Å². The van der Waals surface area contributed by atoms with E-state index < -0.39 is 39.9 Å². The van der Waals surface area contributed by atoms with E-state index in [0.29, 0.717) is 0 Å². The van der Waals surface area contributed by atoms with Gasteiger partial charge in [0.1, 0.15) is 18.4 Å². The summed E-state index contributed by atoms with van der Waals surface area (Å²) in [4.78, 5) is 27.7. The molecule has 0 bridgehead atoms. The molecule has 1 N–H and O–H groups in total. The van der Waals surface area contributed by atoms with Gasteiger partial charge in [-0.25, -0.2) is 12.8 Å². The molecule has 0 aliphatic heterocycles. The van der Waals surface area contributed by atoms with E-state index in [2.05, 4.69) is 5.32 Å². The van der Waals surface area contributed by atoms with Gasteiger partial charge in [0, 0.05) is 12.1 Å². The van der Waals surface area contributed by atoms with Crippen LogP contribution in [-0.2, 0) is 26.2 Å². The summed E-state index contributed by atoms with van der Waals surface area (Å²) >= 11 is 5.84. The summed E-state index contributed by atoms with van der Waals surface area (Å²) in [6.07, 6.45) is 0.943. The number of benzene rings is 2. The molecule has 2 amide bonds. The van der Waals surface area contributed by atoms with Crippen LogP contribution in [0.5, 0.6) is 0 Å². The molecule has 0 aromatic heterocycles. The first kappa shape index (κ1) is 27.6. The van der Waals surface area contributed by atoms with E-state index in [1.807, 2.05) is 52.0 Å². The Hall–Kier alpha value is -2.65. The van der Waals surface area contributed by atoms with E-state index in [1.165, 1.54) is 11.0 Å². The number of amides is 2. The number of hydrogen-bond acceptors (Lipinski definition) is 4. The van der Waals surface area contributed by atoms with Gasteiger partial charge in [-0.3, -0.25) is 13.9 Å². The summed E-state index contributed by atoms with van der Waals surface area (Å²) in [5, 5.41) is 2.59. The first-order valence-electron chi connectivity index (χ1n) is 10.7. The lowest BCUT2D eigenvalue weighted by molar-refractivity contribution is -0.140. The van der Waals surface area contributed by atoms with Gasteiger partial charge in [0.15, 0.2) is 0 Å². The van der Waals surface area contributed by atoms with Crippen molar-refractivity contribution in [2.45, 2.75) is 52.7 Å². The number of anilines is 1. The molecule has 0 aliphatic rings. The Morgan fingerprint density at radius 2 is 1.76 bits per heavy atom. The summed E-state index contributed by atoms with van der Waals surface area (Å²) < 4.78 is 39.5. The van der Waals surface area contributed by atoms with Crippen LogP contribution < -0.4 is 9.62 Å². The molecule has 2 aromatic carbocycles. The highest BCUT2D eigenvalue weighted by atomic mass is 35.5. The van der Waals surface area contributed by atoms with Crippen molar-refractivity contribution in [1.82, 2.24) is 10.2 Å². The van der Waals surface area contributed by atoms with Gasteiger partial charge in [-0.15, -0.1) is 0 Å². The molecule has 34 heavy (non-hydrogen) atoms. The molecule has 0 saturated carbocycles. The summed E-state index contributed by atoms with van der Waals surface area (Å²) in [6.45, 7) is 8.49. The molecule has 0 heterocycles. The fraction of sp³-hybridized carbons (Fsp3) is 0.417. The Balaban J connectivity index is 2.44. The molecule has 186 valence electrons. The highest BCUT2D eigenvalue weighted by molar-refractivity contribution is 7.92. The van der Waals surface area contributed by atoms with Crippen molar-refractivity contribution in [1.29, 1.82) is 0 Å². The van der Waals surface area contributed by atoms with Gasteiger partial charge >= 0.3 is 0 Å². The minimum Gasteiger partial charge on any atom is -0.350 e. The van der Waals surface area contributed by atoms with E-state index >= 15 is 0 Å². The third-order valence-electron chi connectivity index (χ3n) is 5.14. The molecule has 0 fully saturated rings. The van der Waals surface area contributed by atoms with Crippen molar-refractivity contribution in [3.63, 3.8) is 0 Å². The Bertz CT molecular complexity index is 1170. The summed E-state index contributed by atoms with van der Waals surface area (Å²) in [7, 11) is -3.93. The van der Waals surface area contributed by atoms with E-state index in [-0.39, 0.29) is 23.2 Å². The average Bonchev–Trinajstić information content (AvgIpc) is 2.70. The highest BCUT2D eigenvalue weighted by Crippen LogP contribution is 2.25. The number of aryl methyl sites for hydroxylation is 1. The lowest BCUT2D eigenvalue weighted by atomic mass is 10.1. The van der Waals surface area contributed by atoms with E-state index in [4.69, 9.17) is 11.6 Å². The number of rotatable bonds is 8. The van der Waals surface area contributed by atoms with Crippen LogP contribution in [0, 0.1) is 12.7 Å². The maximum Gasteiger partial charge on any atom is 0.244 e. The molecule has 0 radical (unpaired) electrons. The second kappa shape index (κ2) is 10.7. The predicted molar refractivity (Wildman–Crippen MR) is 133 cm³/mol. The van der Waals surface area contributed by atoms with E-state index in [9.17, 15) is 22.4 Å². The number of hydrogen-bond donors (Lipinski definition) is 1. The molecule has 7 nitrogen and oxygen atoms in total. The molecule has 2 aromatic rings. The van der Waals surface area contributed by atoms with Crippen molar-refractivity contribution >= 4 is 39.1 Å². The molecule has 0 saturated heterocycles. The van der Waals surface area contributed by atoms with Gasteiger partial charge in [0.2, 0.25) is 21.8 Å². The topological polar surface area (TPSA) is 86.8 Å². The van der Waals surface area contributed by atoms with E-state index in [0.717, 1.165) is 33.8 Å². The number of carbonyl (C=O) groups excluding carboxylic acids is 2.